The van der Waals surface area contributed by atoms with Crippen molar-refractivity contribution in [2.45, 2.75) is 0 Å². The molecular formula is C7H8N4O3. The first kappa shape index (κ1) is 10.1. The number of nitrogens with one attached hydrogen (secondary N) is 1. The Hall–Kier alpha value is -2.02. The Labute approximate surface area is 79.0 Å². The van der Waals surface area contributed by atoms with E-state index in [0.717, 1.165) is 6.20 Å². The van der Waals surface area contributed by atoms with E-state index in [1.54, 1.807) is 0 Å². The third-order valence-corrected chi connectivity index (χ3v) is 1.31. The lowest BCUT2D eigenvalue weighted by molar-refractivity contribution is -0.114. The van der Waals surface area contributed by atoms with Crippen LogP contribution in [0.2, 0.25) is 0 Å². The van der Waals surface area contributed by atoms with Gasteiger partial charge < -0.3 is 16.2 Å². The molecule has 1 heterocycles. The molecule has 1 rings (SSSR count). The first-order chi connectivity index (χ1) is 6.63. The quantitative estimate of drug-likeness (QED) is 0.574. The Bertz CT molecular complexity index is 366. The van der Waals surface area contributed by atoms with E-state index in [4.69, 9.17) is 10.8 Å². The van der Waals surface area contributed by atoms with Crippen molar-refractivity contribution in [2.75, 3.05) is 11.9 Å². The van der Waals surface area contributed by atoms with Gasteiger partial charge in [0.15, 0.2) is 11.5 Å². The Balaban J connectivity index is 2.83. The van der Waals surface area contributed by atoms with E-state index in [1.807, 2.05) is 0 Å². The third kappa shape index (κ3) is 2.49. The molecule has 1 amide bonds. The van der Waals surface area contributed by atoms with Gasteiger partial charge in [-0.15, -0.1) is 0 Å². The highest BCUT2D eigenvalue weighted by atomic mass is 16.4. The molecule has 0 saturated carbocycles. The van der Waals surface area contributed by atoms with Gasteiger partial charge in [-0.25, -0.2) is 9.78 Å². The van der Waals surface area contributed by atoms with Crippen LogP contribution >= 0.6 is 0 Å². The highest BCUT2D eigenvalue weighted by molar-refractivity contribution is 5.92. The van der Waals surface area contributed by atoms with E-state index in [9.17, 15) is 9.59 Å². The largest absolute Gasteiger partial charge is 0.476 e. The normalized spacial score (nSPS) is 9.50. The van der Waals surface area contributed by atoms with Crippen LogP contribution in [-0.4, -0.2) is 33.5 Å². The summed E-state index contributed by atoms with van der Waals surface area (Å²) in [6.07, 6.45) is 2.32. The van der Waals surface area contributed by atoms with Crippen molar-refractivity contribution in [1.29, 1.82) is 0 Å². The molecule has 1 aromatic rings. The molecule has 0 unspecified atom stereocenters. The summed E-state index contributed by atoms with van der Waals surface area (Å²) in [6.45, 7) is -0.195. The molecule has 0 spiro atoms. The van der Waals surface area contributed by atoms with Crippen molar-refractivity contribution in [1.82, 2.24) is 9.97 Å². The molecule has 0 aliphatic heterocycles. The highest BCUT2D eigenvalue weighted by Crippen LogP contribution is 2.01. The van der Waals surface area contributed by atoms with Gasteiger partial charge in [-0.2, -0.15) is 0 Å². The number of hydrogen-bond acceptors (Lipinski definition) is 5. The molecule has 0 aliphatic carbocycles. The van der Waals surface area contributed by atoms with Gasteiger partial charge in [0.25, 0.3) is 0 Å². The zero-order chi connectivity index (χ0) is 10.6. The molecule has 0 atom stereocenters. The summed E-state index contributed by atoms with van der Waals surface area (Å²) in [5.41, 5.74) is 4.80. The fraction of sp³-hybridized carbons (Fsp3) is 0.143. The van der Waals surface area contributed by atoms with Gasteiger partial charge in [0.1, 0.15) is 0 Å². The number of carboxylic acid groups (broad SMARTS) is 1. The third-order valence-electron chi connectivity index (χ3n) is 1.31. The van der Waals surface area contributed by atoms with Gasteiger partial charge in [0, 0.05) is 0 Å². The number of aromatic carboxylic acids is 1. The molecule has 0 fully saturated rings. The fourth-order valence-electron chi connectivity index (χ4n) is 0.723. The number of carbonyl (C=O) groups is 2. The van der Waals surface area contributed by atoms with E-state index in [-0.39, 0.29) is 18.1 Å². The Morgan fingerprint density at radius 2 is 2.21 bits per heavy atom. The molecule has 1 aromatic heterocycles. The first-order valence-electron chi connectivity index (χ1n) is 3.68. The molecule has 4 N–H and O–H groups in total. The predicted octanol–water partition coefficient (Wildman–Crippen LogP) is -0.928. The maximum Gasteiger partial charge on any atom is 0.356 e. The molecule has 0 radical (unpaired) electrons. The summed E-state index contributed by atoms with van der Waals surface area (Å²) >= 11 is 0. The minimum absolute atomic E-state index is 0.0698. The lowest BCUT2D eigenvalue weighted by atomic mass is 10.4. The maximum absolute atomic E-state index is 10.8. The zero-order valence-electron chi connectivity index (χ0n) is 7.10. The van der Waals surface area contributed by atoms with E-state index >= 15 is 0 Å². The number of aromatic nitrogens is 2. The van der Waals surface area contributed by atoms with Crippen molar-refractivity contribution in [2.24, 2.45) is 5.73 Å². The summed E-state index contributed by atoms with van der Waals surface area (Å²) in [6, 6.07) is 0. The molecule has 74 valence electrons. The van der Waals surface area contributed by atoms with Crippen molar-refractivity contribution >= 4 is 17.7 Å². The number of hydrogen-bond donors (Lipinski definition) is 3. The summed E-state index contributed by atoms with van der Waals surface area (Å²) < 4.78 is 0. The minimum atomic E-state index is -1.21. The zero-order valence-corrected chi connectivity index (χ0v) is 7.10. The molecule has 0 aliphatic rings. The first-order valence-corrected chi connectivity index (χ1v) is 3.68. The van der Waals surface area contributed by atoms with Crippen molar-refractivity contribution in [3.63, 3.8) is 0 Å². The Morgan fingerprint density at radius 3 is 2.79 bits per heavy atom. The molecular weight excluding hydrogens is 188 g/mol. The lowest BCUT2D eigenvalue weighted by Crippen LogP contribution is -2.22. The van der Waals surface area contributed by atoms with Gasteiger partial charge >= 0.3 is 5.97 Å². The van der Waals surface area contributed by atoms with Crippen LogP contribution in [0.4, 0.5) is 5.82 Å². The van der Waals surface area contributed by atoms with Crippen LogP contribution in [0, 0.1) is 0 Å². The number of amides is 1. The number of nitrogens with two attached hydrogens (primary N) is 1. The average Bonchev–Trinajstić information content (AvgIpc) is 2.18. The van der Waals surface area contributed by atoms with Gasteiger partial charge in [0.2, 0.25) is 5.91 Å². The van der Waals surface area contributed by atoms with E-state index in [2.05, 4.69) is 15.3 Å². The topological polar surface area (TPSA) is 118 Å². The van der Waals surface area contributed by atoms with Crippen LogP contribution in [0.1, 0.15) is 10.5 Å². The van der Waals surface area contributed by atoms with Crippen LogP contribution in [0.15, 0.2) is 12.4 Å². The highest BCUT2D eigenvalue weighted by Gasteiger charge is 2.07. The van der Waals surface area contributed by atoms with Crippen LogP contribution in [0.3, 0.4) is 0 Å². The van der Waals surface area contributed by atoms with Crippen LogP contribution in [0.25, 0.3) is 0 Å². The number of rotatable bonds is 3. The van der Waals surface area contributed by atoms with Crippen LogP contribution in [-0.2, 0) is 4.79 Å². The molecule has 0 saturated heterocycles. The van der Waals surface area contributed by atoms with Crippen LogP contribution in [0.5, 0.6) is 0 Å². The van der Waals surface area contributed by atoms with Crippen LogP contribution < -0.4 is 11.1 Å². The van der Waals surface area contributed by atoms with Crippen molar-refractivity contribution in [3.05, 3.63) is 18.1 Å². The second kappa shape index (κ2) is 4.28. The average molecular weight is 196 g/mol. The van der Waals surface area contributed by atoms with Crippen molar-refractivity contribution < 1.29 is 14.7 Å². The van der Waals surface area contributed by atoms with Gasteiger partial charge in [-0.1, -0.05) is 0 Å². The molecule has 7 nitrogen and oxygen atoms in total. The van der Waals surface area contributed by atoms with Gasteiger partial charge in [-0.05, 0) is 0 Å². The summed E-state index contributed by atoms with van der Waals surface area (Å²) in [4.78, 5) is 28.5. The second-order valence-electron chi connectivity index (χ2n) is 2.35. The van der Waals surface area contributed by atoms with Gasteiger partial charge in [0.05, 0.1) is 18.9 Å². The molecule has 0 aromatic carbocycles. The second-order valence-corrected chi connectivity index (χ2v) is 2.35. The predicted molar refractivity (Wildman–Crippen MR) is 46.7 cm³/mol. The number of carboxylic acids is 1. The smallest absolute Gasteiger partial charge is 0.356 e. The standard InChI is InChI=1S/C7H8N4O3/c8-1-6(12)11-5-3-9-2-4(10-5)7(13)14/h2-3H,1,8H2,(H,13,14)(H,10,11,12). The summed E-state index contributed by atoms with van der Waals surface area (Å²) in [7, 11) is 0. The molecule has 7 heteroatoms. The summed E-state index contributed by atoms with van der Waals surface area (Å²) in [5, 5.41) is 10.8. The number of anilines is 1. The van der Waals surface area contributed by atoms with E-state index < -0.39 is 11.9 Å². The lowest BCUT2D eigenvalue weighted by Gasteiger charge is -2.01. The SMILES string of the molecule is NCC(=O)Nc1cncc(C(=O)O)n1. The monoisotopic (exact) mass is 196 g/mol. The summed E-state index contributed by atoms with van der Waals surface area (Å²) in [5.74, 6) is -1.59. The minimum Gasteiger partial charge on any atom is -0.476 e. The number of carbonyl (C=O) groups excluding carboxylic acids is 1. The Kier molecular flexibility index (Phi) is 3.08. The van der Waals surface area contributed by atoms with E-state index in [1.165, 1.54) is 6.20 Å². The van der Waals surface area contributed by atoms with Crippen molar-refractivity contribution in [3.8, 4) is 0 Å². The molecule has 0 bridgehead atoms. The Morgan fingerprint density at radius 1 is 1.50 bits per heavy atom. The maximum atomic E-state index is 10.8. The van der Waals surface area contributed by atoms with Gasteiger partial charge in [-0.3, -0.25) is 9.78 Å². The fourth-order valence-corrected chi connectivity index (χ4v) is 0.723. The molecule has 14 heavy (non-hydrogen) atoms. The van der Waals surface area contributed by atoms with E-state index in [0.29, 0.717) is 0 Å². The number of nitrogens with zero attached hydrogens (tertiary/aromatic N) is 2.